The van der Waals surface area contributed by atoms with Crippen molar-refractivity contribution >= 4 is 11.3 Å². The predicted octanol–water partition coefficient (Wildman–Crippen LogP) is 2.01. The smallest absolute Gasteiger partial charge is 0.147 e. The van der Waals surface area contributed by atoms with Crippen LogP contribution in [-0.2, 0) is 6.61 Å². The Labute approximate surface area is 86.1 Å². The first kappa shape index (κ1) is 9.30. The third kappa shape index (κ3) is 1.81. The molecule has 0 bridgehead atoms. The topological polar surface area (TPSA) is 46.0 Å². The lowest BCUT2D eigenvalue weighted by Gasteiger charge is -1.94. The molecular formula is C10H10N2OS. The molecule has 0 saturated carbocycles. The van der Waals surface area contributed by atoms with Crippen LogP contribution in [0.4, 0.5) is 0 Å². The number of rotatable bonds is 2. The van der Waals surface area contributed by atoms with Crippen LogP contribution in [0.3, 0.4) is 0 Å². The van der Waals surface area contributed by atoms with Gasteiger partial charge in [0.25, 0.3) is 0 Å². The number of aryl methyl sites for hydroxylation is 1. The largest absolute Gasteiger partial charge is 0.389 e. The lowest BCUT2D eigenvalue weighted by Crippen LogP contribution is -1.79. The maximum absolute atomic E-state index is 8.85. The van der Waals surface area contributed by atoms with Crippen LogP contribution in [0.15, 0.2) is 24.3 Å². The Bertz CT molecular complexity index is 422. The minimum atomic E-state index is -0.0382. The average molecular weight is 206 g/mol. The van der Waals surface area contributed by atoms with E-state index in [2.05, 4.69) is 10.2 Å². The monoisotopic (exact) mass is 206 g/mol. The van der Waals surface area contributed by atoms with E-state index in [1.54, 1.807) is 0 Å². The van der Waals surface area contributed by atoms with E-state index in [1.165, 1.54) is 16.9 Å². The van der Waals surface area contributed by atoms with Crippen molar-refractivity contribution in [2.45, 2.75) is 13.5 Å². The fourth-order valence-electron chi connectivity index (χ4n) is 1.13. The third-order valence-electron chi connectivity index (χ3n) is 1.90. The van der Waals surface area contributed by atoms with Crippen molar-refractivity contribution in [3.05, 3.63) is 34.8 Å². The lowest BCUT2D eigenvalue weighted by atomic mass is 10.2. The molecule has 4 heteroatoms. The number of aliphatic hydroxyl groups excluding tert-OH is 1. The summed E-state index contributed by atoms with van der Waals surface area (Å²) in [6.07, 6.45) is 0. The van der Waals surface area contributed by atoms with Crippen molar-refractivity contribution in [1.82, 2.24) is 10.2 Å². The van der Waals surface area contributed by atoms with Gasteiger partial charge in [0.1, 0.15) is 10.0 Å². The van der Waals surface area contributed by atoms with Crippen molar-refractivity contribution in [2.24, 2.45) is 0 Å². The first-order valence-corrected chi connectivity index (χ1v) is 5.11. The van der Waals surface area contributed by atoms with Gasteiger partial charge in [0, 0.05) is 5.56 Å². The third-order valence-corrected chi connectivity index (χ3v) is 2.86. The van der Waals surface area contributed by atoms with Gasteiger partial charge in [-0.05, 0) is 6.92 Å². The molecule has 3 nitrogen and oxygen atoms in total. The predicted molar refractivity (Wildman–Crippen MR) is 56.0 cm³/mol. The number of benzene rings is 1. The first-order chi connectivity index (χ1) is 6.79. The van der Waals surface area contributed by atoms with Crippen molar-refractivity contribution in [3.63, 3.8) is 0 Å². The highest BCUT2D eigenvalue weighted by molar-refractivity contribution is 7.14. The van der Waals surface area contributed by atoms with Crippen LogP contribution in [0.25, 0.3) is 10.6 Å². The summed E-state index contributed by atoms with van der Waals surface area (Å²) >= 11 is 1.42. The molecule has 2 aromatic rings. The SMILES string of the molecule is Cc1ccc(-c2nnc(CO)s2)cc1. The quantitative estimate of drug-likeness (QED) is 0.817. The Hall–Kier alpha value is -1.26. The number of aromatic nitrogens is 2. The van der Waals surface area contributed by atoms with E-state index in [0.29, 0.717) is 5.01 Å². The summed E-state index contributed by atoms with van der Waals surface area (Å²) in [4.78, 5) is 0. The van der Waals surface area contributed by atoms with Crippen LogP contribution < -0.4 is 0 Å². The highest BCUT2D eigenvalue weighted by Gasteiger charge is 2.04. The second-order valence-corrected chi connectivity index (χ2v) is 4.09. The minimum absolute atomic E-state index is 0.0382. The van der Waals surface area contributed by atoms with Gasteiger partial charge < -0.3 is 5.11 Å². The van der Waals surface area contributed by atoms with Gasteiger partial charge in [-0.3, -0.25) is 0 Å². The Balaban J connectivity index is 2.34. The van der Waals surface area contributed by atoms with Crippen LogP contribution in [-0.4, -0.2) is 15.3 Å². The van der Waals surface area contributed by atoms with E-state index >= 15 is 0 Å². The van der Waals surface area contributed by atoms with Gasteiger partial charge in [-0.1, -0.05) is 41.2 Å². The summed E-state index contributed by atoms with van der Waals surface area (Å²) in [7, 11) is 0. The number of hydrogen-bond donors (Lipinski definition) is 1. The van der Waals surface area contributed by atoms with E-state index in [1.807, 2.05) is 31.2 Å². The van der Waals surface area contributed by atoms with Gasteiger partial charge >= 0.3 is 0 Å². The molecular weight excluding hydrogens is 196 g/mol. The van der Waals surface area contributed by atoms with E-state index in [9.17, 15) is 0 Å². The van der Waals surface area contributed by atoms with Gasteiger partial charge in [-0.2, -0.15) is 0 Å². The zero-order chi connectivity index (χ0) is 9.97. The van der Waals surface area contributed by atoms with Crippen molar-refractivity contribution < 1.29 is 5.11 Å². The Morgan fingerprint density at radius 2 is 1.93 bits per heavy atom. The molecule has 1 N–H and O–H groups in total. The number of hydrogen-bond acceptors (Lipinski definition) is 4. The first-order valence-electron chi connectivity index (χ1n) is 4.30. The molecule has 1 heterocycles. The number of nitrogens with zero attached hydrogens (tertiary/aromatic N) is 2. The Morgan fingerprint density at radius 3 is 2.50 bits per heavy atom. The Kier molecular flexibility index (Phi) is 2.56. The van der Waals surface area contributed by atoms with Crippen molar-refractivity contribution in [1.29, 1.82) is 0 Å². The molecule has 0 aliphatic carbocycles. The zero-order valence-corrected chi connectivity index (χ0v) is 8.58. The molecule has 2 rings (SSSR count). The molecule has 0 aliphatic rings. The molecule has 0 saturated heterocycles. The molecule has 14 heavy (non-hydrogen) atoms. The second kappa shape index (κ2) is 3.86. The molecule has 1 aromatic heterocycles. The van der Waals surface area contributed by atoms with E-state index < -0.39 is 0 Å². The van der Waals surface area contributed by atoms with E-state index in [0.717, 1.165) is 10.6 Å². The summed E-state index contributed by atoms with van der Waals surface area (Å²) in [5.74, 6) is 0. The molecule has 0 radical (unpaired) electrons. The fourth-order valence-corrected chi connectivity index (χ4v) is 1.84. The fraction of sp³-hybridized carbons (Fsp3) is 0.200. The maximum Gasteiger partial charge on any atom is 0.147 e. The van der Waals surface area contributed by atoms with Gasteiger partial charge in [-0.15, -0.1) is 10.2 Å². The normalized spacial score (nSPS) is 10.4. The van der Waals surface area contributed by atoms with Gasteiger partial charge in [0.15, 0.2) is 0 Å². The molecule has 72 valence electrons. The minimum Gasteiger partial charge on any atom is -0.389 e. The molecule has 0 aliphatic heterocycles. The maximum atomic E-state index is 8.85. The van der Waals surface area contributed by atoms with Crippen molar-refractivity contribution in [3.8, 4) is 10.6 Å². The van der Waals surface area contributed by atoms with E-state index in [4.69, 9.17) is 5.11 Å². The van der Waals surface area contributed by atoms with E-state index in [-0.39, 0.29) is 6.61 Å². The van der Waals surface area contributed by atoms with Crippen molar-refractivity contribution in [2.75, 3.05) is 0 Å². The lowest BCUT2D eigenvalue weighted by molar-refractivity contribution is 0.280. The average Bonchev–Trinajstić information content (AvgIpc) is 2.67. The summed E-state index contributed by atoms with van der Waals surface area (Å²) < 4.78 is 0. The van der Waals surface area contributed by atoms with Crippen LogP contribution in [0.2, 0.25) is 0 Å². The summed E-state index contributed by atoms with van der Waals surface area (Å²) in [5.41, 5.74) is 2.27. The van der Waals surface area contributed by atoms with Gasteiger partial charge in [0.05, 0.1) is 6.61 Å². The number of aliphatic hydroxyl groups is 1. The van der Waals surface area contributed by atoms with Gasteiger partial charge in [0.2, 0.25) is 0 Å². The molecule has 0 fully saturated rings. The van der Waals surface area contributed by atoms with Crippen LogP contribution in [0.5, 0.6) is 0 Å². The van der Waals surface area contributed by atoms with Gasteiger partial charge in [-0.25, -0.2) is 0 Å². The standard InChI is InChI=1S/C10H10N2OS/c1-7-2-4-8(5-3-7)10-12-11-9(6-13)14-10/h2-5,13H,6H2,1H3. The molecule has 0 spiro atoms. The van der Waals surface area contributed by atoms with Crippen LogP contribution in [0, 0.1) is 6.92 Å². The highest BCUT2D eigenvalue weighted by Crippen LogP contribution is 2.23. The summed E-state index contributed by atoms with van der Waals surface area (Å²) in [6.45, 7) is 2.01. The summed E-state index contributed by atoms with van der Waals surface area (Å²) in [5, 5.41) is 18.2. The second-order valence-electron chi connectivity index (χ2n) is 3.03. The summed E-state index contributed by atoms with van der Waals surface area (Å²) in [6, 6.07) is 8.10. The molecule has 0 amide bonds. The highest BCUT2D eigenvalue weighted by atomic mass is 32.1. The van der Waals surface area contributed by atoms with Crippen LogP contribution >= 0.6 is 11.3 Å². The van der Waals surface area contributed by atoms with Crippen LogP contribution in [0.1, 0.15) is 10.6 Å². The molecule has 1 aromatic carbocycles. The zero-order valence-electron chi connectivity index (χ0n) is 7.77. The Morgan fingerprint density at radius 1 is 1.21 bits per heavy atom. The molecule has 0 unspecified atom stereocenters. The molecule has 0 atom stereocenters.